The zero-order valence-electron chi connectivity index (χ0n) is 11.4. The number of rotatable bonds is 4. The van der Waals surface area contributed by atoms with E-state index in [2.05, 4.69) is 9.97 Å². The SMILES string of the molecule is NC(=O)N(c1nccs1)c1ccccc1Sc1ccccn1. The molecule has 2 amide bonds. The number of amides is 2. The summed E-state index contributed by atoms with van der Waals surface area (Å²) in [6.07, 6.45) is 3.38. The van der Waals surface area contributed by atoms with Crippen LogP contribution in [0, 0.1) is 0 Å². The van der Waals surface area contributed by atoms with Crippen molar-refractivity contribution < 1.29 is 4.79 Å². The van der Waals surface area contributed by atoms with Crippen LogP contribution in [0.25, 0.3) is 0 Å². The van der Waals surface area contributed by atoms with Crippen LogP contribution in [0.3, 0.4) is 0 Å². The molecule has 22 heavy (non-hydrogen) atoms. The summed E-state index contributed by atoms with van der Waals surface area (Å²) in [7, 11) is 0. The lowest BCUT2D eigenvalue weighted by atomic mass is 10.3. The zero-order valence-corrected chi connectivity index (χ0v) is 13.1. The number of benzene rings is 1. The van der Waals surface area contributed by atoms with Gasteiger partial charge < -0.3 is 5.73 Å². The minimum Gasteiger partial charge on any atom is -0.351 e. The van der Waals surface area contributed by atoms with Gasteiger partial charge in [-0.1, -0.05) is 30.0 Å². The molecule has 2 aromatic heterocycles. The summed E-state index contributed by atoms with van der Waals surface area (Å²) in [5.74, 6) is 0. The summed E-state index contributed by atoms with van der Waals surface area (Å²) in [5, 5.41) is 3.19. The van der Waals surface area contributed by atoms with Gasteiger partial charge in [0.15, 0.2) is 5.13 Å². The van der Waals surface area contributed by atoms with Crippen molar-refractivity contribution in [3.8, 4) is 0 Å². The van der Waals surface area contributed by atoms with Crippen LogP contribution in [-0.4, -0.2) is 16.0 Å². The number of anilines is 2. The molecule has 110 valence electrons. The number of para-hydroxylation sites is 1. The first-order chi connectivity index (χ1) is 10.8. The minimum absolute atomic E-state index is 0.543. The highest BCUT2D eigenvalue weighted by Gasteiger charge is 2.20. The lowest BCUT2D eigenvalue weighted by Crippen LogP contribution is -2.31. The molecule has 0 spiro atoms. The van der Waals surface area contributed by atoms with Crippen LogP contribution in [0.5, 0.6) is 0 Å². The molecule has 0 saturated heterocycles. The molecule has 0 aliphatic heterocycles. The van der Waals surface area contributed by atoms with Crippen molar-refractivity contribution in [1.29, 1.82) is 0 Å². The smallest absolute Gasteiger partial charge is 0.325 e. The van der Waals surface area contributed by atoms with Gasteiger partial charge in [0.2, 0.25) is 0 Å². The fourth-order valence-corrected chi connectivity index (χ4v) is 3.45. The summed E-state index contributed by atoms with van der Waals surface area (Å²) < 4.78 is 0. The molecule has 0 aliphatic rings. The van der Waals surface area contributed by atoms with E-state index in [1.165, 1.54) is 28.0 Å². The van der Waals surface area contributed by atoms with Crippen molar-refractivity contribution >= 4 is 39.9 Å². The first-order valence-corrected chi connectivity index (χ1v) is 8.12. The predicted octanol–water partition coefficient (Wildman–Crippen LogP) is 3.91. The molecular formula is C15H12N4OS2. The Morgan fingerprint density at radius 1 is 1.09 bits per heavy atom. The number of nitrogens with two attached hydrogens (primary N) is 1. The Labute approximate surface area is 135 Å². The van der Waals surface area contributed by atoms with Gasteiger partial charge in [-0.3, -0.25) is 0 Å². The lowest BCUT2D eigenvalue weighted by molar-refractivity contribution is 0.256. The van der Waals surface area contributed by atoms with Gasteiger partial charge in [0.1, 0.15) is 5.03 Å². The van der Waals surface area contributed by atoms with E-state index in [1.54, 1.807) is 17.8 Å². The summed E-state index contributed by atoms with van der Waals surface area (Å²) in [4.78, 5) is 22.7. The third-order valence-electron chi connectivity index (χ3n) is 2.79. The Kier molecular flexibility index (Phi) is 4.36. The van der Waals surface area contributed by atoms with Gasteiger partial charge in [0.05, 0.1) is 5.69 Å². The number of primary amides is 1. The summed E-state index contributed by atoms with van der Waals surface area (Å²) in [6.45, 7) is 0. The third kappa shape index (κ3) is 3.10. The second-order valence-electron chi connectivity index (χ2n) is 4.23. The van der Waals surface area contributed by atoms with Crippen LogP contribution >= 0.6 is 23.1 Å². The van der Waals surface area contributed by atoms with Gasteiger partial charge >= 0.3 is 6.03 Å². The number of nitrogens with zero attached hydrogens (tertiary/aromatic N) is 3. The molecule has 1 aromatic carbocycles. The van der Waals surface area contributed by atoms with E-state index in [-0.39, 0.29) is 0 Å². The lowest BCUT2D eigenvalue weighted by Gasteiger charge is -2.20. The largest absolute Gasteiger partial charge is 0.351 e. The summed E-state index contributed by atoms with van der Waals surface area (Å²) in [6, 6.07) is 12.7. The van der Waals surface area contributed by atoms with Crippen molar-refractivity contribution in [2.24, 2.45) is 5.73 Å². The maximum Gasteiger partial charge on any atom is 0.325 e. The summed E-state index contributed by atoms with van der Waals surface area (Å²) in [5.41, 5.74) is 6.25. The van der Waals surface area contributed by atoms with Crippen molar-refractivity contribution in [2.45, 2.75) is 9.92 Å². The fourth-order valence-electron chi connectivity index (χ4n) is 1.89. The van der Waals surface area contributed by atoms with Gasteiger partial charge in [-0.25, -0.2) is 19.7 Å². The van der Waals surface area contributed by atoms with E-state index in [0.29, 0.717) is 10.8 Å². The molecular weight excluding hydrogens is 316 g/mol. The molecule has 3 aromatic rings. The van der Waals surface area contributed by atoms with E-state index in [0.717, 1.165) is 9.92 Å². The average molecular weight is 328 g/mol. The van der Waals surface area contributed by atoms with Crippen LogP contribution < -0.4 is 10.6 Å². The standard InChI is InChI=1S/C15H12N4OS2/c16-14(20)19(15-18-9-10-21-15)11-5-1-2-6-12(11)22-13-7-3-4-8-17-13/h1-10H,(H2,16,20). The Hall–Kier alpha value is -2.38. The molecule has 3 rings (SSSR count). The zero-order chi connectivity index (χ0) is 15.4. The number of pyridine rings is 1. The number of thiazole rings is 1. The van der Waals surface area contributed by atoms with Gasteiger partial charge in [0.25, 0.3) is 0 Å². The summed E-state index contributed by atoms with van der Waals surface area (Å²) >= 11 is 2.83. The van der Waals surface area contributed by atoms with E-state index in [9.17, 15) is 4.79 Å². The first-order valence-electron chi connectivity index (χ1n) is 6.42. The number of aromatic nitrogens is 2. The van der Waals surface area contributed by atoms with E-state index in [1.807, 2.05) is 42.5 Å². The molecule has 0 saturated carbocycles. The number of carbonyl (C=O) groups is 1. The van der Waals surface area contributed by atoms with E-state index < -0.39 is 6.03 Å². The second-order valence-corrected chi connectivity index (χ2v) is 6.16. The van der Waals surface area contributed by atoms with Crippen LogP contribution in [0.15, 0.2) is 70.2 Å². The van der Waals surface area contributed by atoms with Crippen LogP contribution in [0.2, 0.25) is 0 Å². The van der Waals surface area contributed by atoms with Crippen molar-refractivity contribution in [1.82, 2.24) is 9.97 Å². The number of urea groups is 1. The molecule has 0 atom stereocenters. The minimum atomic E-state index is -0.566. The maximum atomic E-state index is 11.9. The predicted molar refractivity (Wildman–Crippen MR) is 88.6 cm³/mol. The number of hydrogen-bond acceptors (Lipinski definition) is 5. The monoisotopic (exact) mass is 328 g/mol. The van der Waals surface area contributed by atoms with Gasteiger partial charge in [-0.15, -0.1) is 11.3 Å². The van der Waals surface area contributed by atoms with Crippen molar-refractivity contribution in [2.75, 3.05) is 4.90 Å². The second kappa shape index (κ2) is 6.59. The molecule has 0 radical (unpaired) electrons. The Balaban J connectivity index is 2.01. The highest BCUT2D eigenvalue weighted by Crippen LogP contribution is 2.37. The maximum absolute atomic E-state index is 11.9. The molecule has 5 nitrogen and oxygen atoms in total. The fraction of sp³-hybridized carbons (Fsp3) is 0. The Bertz CT molecular complexity index is 762. The van der Waals surface area contributed by atoms with Crippen molar-refractivity contribution in [3.63, 3.8) is 0 Å². The van der Waals surface area contributed by atoms with Gasteiger partial charge in [-0.2, -0.15) is 0 Å². The van der Waals surface area contributed by atoms with Crippen LogP contribution in [-0.2, 0) is 0 Å². The highest BCUT2D eigenvalue weighted by molar-refractivity contribution is 7.99. The van der Waals surface area contributed by atoms with Gasteiger partial charge in [-0.05, 0) is 24.3 Å². The van der Waals surface area contributed by atoms with Crippen LogP contribution in [0.4, 0.5) is 15.6 Å². The molecule has 0 unspecified atom stereocenters. The topological polar surface area (TPSA) is 72.1 Å². The third-order valence-corrected chi connectivity index (χ3v) is 4.56. The molecule has 7 heteroatoms. The normalized spacial score (nSPS) is 10.4. The Morgan fingerprint density at radius 2 is 1.91 bits per heavy atom. The Morgan fingerprint density at radius 3 is 2.59 bits per heavy atom. The van der Waals surface area contributed by atoms with E-state index in [4.69, 9.17) is 5.73 Å². The highest BCUT2D eigenvalue weighted by atomic mass is 32.2. The molecule has 2 heterocycles. The molecule has 2 N–H and O–H groups in total. The average Bonchev–Trinajstić information content (AvgIpc) is 3.04. The number of hydrogen-bond donors (Lipinski definition) is 1. The number of carbonyl (C=O) groups excluding carboxylic acids is 1. The molecule has 0 fully saturated rings. The molecule has 0 aliphatic carbocycles. The quantitative estimate of drug-likeness (QED) is 0.788. The first kappa shape index (κ1) is 14.6. The van der Waals surface area contributed by atoms with E-state index >= 15 is 0 Å². The van der Waals surface area contributed by atoms with Crippen LogP contribution in [0.1, 0.15) is 0 Å². The van der Waals surface area contributed by atoms with Crippen molar-refractivity contribution in [3.05, 3.63) is 60.2 Å². The molecule has 0 bridgehead atoms. The van der Waals surface area contributed by atoms with Gasteiger partial charge in [0, 0.05) is 22.7 Å².